The Bertz CT molecular complexity index is 964. The van der Waals surface area contributed by atoms with Crippen LogP contribution in [0.1, 0.15) is 28.5 Å². The molecule has 0 spiro atoms. The summed E-state index contributed by atoms with van der Waals surface area (Å²) < 4.78 is 0. The zero-order chi connectivity index (χ0) is 17.2. The number of thiophene rings is 1. The lowest BCUT2D eigenvalue weighted by Gasteiger charge is -2.03. The molecule has 0 radical (unpaired) electrons. The van der Waals surface area contributed by atoms with E-state index in [1.165, 1.54) is 22.2 Å². The normalized spacial score (nSPS) is 13.3. The van der Waals surface area contributed by atoms with Crippen LogP contribution in [0.4, 0.5) is 0 Å². The Morgan fingerprint density at radius 2 is 2.28 bits per heavy atom. The number of hydrogen-bond donors (Lipinski definition) is 3. The molecule has 4 rings (SSSR count). The number of fused-ring (bicyclic) bond motifs is 3. The third kappa shape index (κ3) is 3.42. The summed E-state index contributed by atoms with van der Waals surface area (Å²) in [6.07, 6.45) is 3.13. The second-order valence-electron chi connectivity index (χ2n) is 5.65. The van der Waals surface area contributed by atoms with Gasteiger partial charge in [-0.3, -0.25) is 9.59 Å². The summed E-state index contributed by atoms with van der Waals surface area (Å²) in [5.41, 5.74) is 1.11. The molecule has 3 aromatic rings. The maximum atomic E-state index is 12.4. The molecule has 3 N–H and O–H groups in total. The van der Waals surface area contributed by atoms with Crippen molar-refractivity contribution in [2.24, 2.45) is 0 Å². The van der Waals surface area contributed by atoms with Gasteiger partial charge in [0.05, 0.1) is 23.4 Å². The van der Waals surface area contributed by atoms with Gasteiger partial charge in [0.2, 0.25) is 5.91 Å². The molecule has 1 aliphatic rings. The van der Waals surface area contributed by atoms with Gasteiger partial charge in [-0.05, 0) is 24.8 Å². The molecular weight excluding hydrogens is 362 g/mol. The van der Waals surface area contributed by atoms with Gasteiger partial charge in [0.25, 0.3) is 5.56 Å². The summed E-state index contributed by atoms with van der Waals surface area (Å²) in [6, 6.07) is 0. The average Bonchev–Trinajstić information content (AvgIpc) is 3.29. The van der Waals surface area contributed by atoms with Crippen LogP contribution in [0.5, 0.6) is 0 Å². The number of H-pyrrole nitrogens is 2. The van der Waals surface area contributed by atoms with Gasteiger partial charge < -0.3 is 10.3 Å². The fraction of sp³-hybridized carbons (Fsp3) is 0.429. The largest absolute Gasteiger partial charge is 0.348 e. The fourth-order valence-electron chi connectivity index (χ4n) is 2.84. The van der Waals surface area contributed by atoms with Crippen LogP contribution in [-0.4, -0.2) is 42.3 Å². The van der Waals surface area contributed by atoms with E-state index < -0.39 is 0 Å². The van der Waals surface area contributed by atoms with Crippen LogP contribution in [0.25, 0.3) is 10.2 Å². The van der Waals surface area contributed by atoms with Crippen molar-refractivity contribution in [2.75, 3.05) is 5.75 Å². The smallest absolute Gasteiger partial charge is 0.259 e. The average molecular weight is 377 g/mol. The number of amides is 1. The topological polar surface area (TPSA) is 129 Å². The highest BCUT2D eigenvalue weighted by Crippen LogP contribution is 2.34. The number of carbonyl (C=O) groups excluding carboxylic acids is 1. The molecule has 3 aromatic heterocycles. The highest BCUT2D eigenvalue weighted by atomic mass is 32.2. The van der Waals surface area contributed by atoms with Crippen molar-refractivity contribution in [1.29, 1.82) is 0 Å². The van der Waals surface area contributed by atoms with Gasteiger partial charge in [-0.25, -0.2) is 4.98 Å². The molecule has 130 valence electrons. The van der Waals surface area contributed by atoms with Crippen LogP contribution in [0, 0.1) is 0 Å². The van der Waals surface area contributed by atoms with Crippen molar-refractivity contribution in [3.05, 3.63) is 32.4 Å². The molecule has 25 heavy (non-hydrogen) atoms. The predicted molar refractivity (Wildman–Crippen MR) is 94.5 cm³/mol. The number of rotatable bonds is 6. The zero-order valence-corrected chi connectivity index (χ0v) is 14.8. The van der Waals surface area contributed by atoms with Crippen LogP contribution in [-0.2, 0) is 29.9 Å². The molecule has 0 unspecified atom stereocenters. The summed E-state index contributed by atoms with van der Waals surface area (Å²) >= 11 is 3.01. The summed E-state index contributed by atoms with van der Waals surface area (Å²) in [6.45, 7) is 0.234. The highest BCUT2D eigenvalue weighted by molar-refractivity contribution is 7.99. The third-order valence-corrected chi connectivity index (χ3v) is 6.06. The molecule has 9 nitrogen and oxygen atoms in total. The van der Waals surface area contributed by atoms with Crippen molar-refractivity contribution in [1.82, 2.24) is 35.9 Å². The number of carbonyl (C=O) groups is 1. The van der Waals surface area contributed by atoms with E-state index in [2.05, 4.69) is 35.9 Å². The quantitative estimate of drug-likeness (QED) is 0.571. The number of tetrazole rings is 1. The first-order valence-electron chi connectivity index (χ1n) is 7.81. The van der Waals surface area contributed by atoms with Crippen LogP contribution < -0.4 is 10.9 Å². The van der Waals surface area contributed by atoms with Crippen molar-refractivity contribution < 1.29 is 4.79 Å². The molecule has 0 atom stereocenters. The van der Waals surface area contributed by atoms with Gasteiger partial charge >= 0.3 is 0 Å². The van der Waals surface area contributed by atoms with Gasteiger partial charge in [-0.1, -0.05) is 5.21 Å². The maximum absolute atomic E-state index is 12.4. The Balaban J connectivity index is 1.35. The van der Waals surface area contributed by atoms with E-state index in [9.17, 15) is 9.59 Å². The Labute approximate surface area is 150 Å². The molecular formula is C14H15N7O2S2. The summed E-state index contributed by atoms with van der Waals surface area (Å²) in [4.78, 5) is 33.7. The zero-order valence-electron chi connectivity index (χ0n) is 13.2. The van der Waals surface area contributed by atoms with Gasteiger partial charge in [0.1, 0.15) is 10.7 Å². The first-order chi connectivity index (χ1) is 12.2. The summed E-state index contributed by atoms with van der Waals surface area (Å²) in [7, 11) is 0. The Morgan fingerprint density at radius 1 is 1.36 bits per heavy atom. The molecule has 1 aliphatic carbocycles. The second-order valence-corrected chi connectivity index (χ2v) is 7.72. The van der Waals surface area contributed by atoms with Crippen molar-refractivity contribution in [2.45, 2.75) is 31.6 Å². The first-order valence-corrected chi connectivity index (χ1v) is 9.78. The highest BCUT2D eigenvalue weighted by Gasteiger charge is 2.21. The molecule has 0 aliphatic heterocycles. The van der Waals surface area contributed by atoms with Crippen LogP contribution >= 0.6 is 23.1 Å². The van der Waals surface area contributed by atoms with E-state index in [0.29, 0.717) is 17.4 Å². The van der Waals surface area contributed by atoms with Crippen LogP contribution in [0.2, 0.25) is 0 Å². The number of thioether (sulfide) groups is 1. The Kier molecular flexibility index (Phi) is 4.49. The van der Waals surface area contributed by atoms with Crippen LogP contribution in [0.3, 0.4) is 0 Å². The molecule has 0 saturated carbocycles. The standard InChI is InChI=1S/C14H15N7O2S2/c22-11(15-4-9-18-20-21-19-9)6-24-5-10-16-13(23)12-7-2-1-3-8(7)25-14(12)17-10/h1-6H2,(H,15,22)(H,16,17,23)(H,18,19,20,21). The van der Waals surface area contributed by atoms with E-state index >= 15 is 0 Å². The van der Waals surface area contributed by atoms with E-state index in [4.69, 9.17) is 0 Å². The number of nitrogens with one attached hydrogen (secondary N) is 3. The van der Waals surface area contributed by atoms with E-state index in [0.717, 1.165) is 29.5 Å². The van der Waals surface area contributed by atoms with Crippen LogP contribution in [0.15, 0.2) is 4.79 Å². The van der Waals surface area contributed by atoms with Gasteiger partial charge in [-0.15, -0.1) is 33.3 Å². The van der Waals surface area contributed by atoms with Gasteiger partial charge in [0, 0.05) is 4.88 Å². The predicted octanol–water partition coefficient (Wildman–Crippen LogP) is 0.536. The van der Waals surface area contributed by atoms with Crippen molar-refractivity contribution in [3.8, 4) is 0 Å². The lowest BCUT2D eigenvalue weighted by molar-refractivity contribution is -0.118. The number of aryl methyl sites for hydroxylation is 2. The Morgan fingerprint density at radius 3 is 3.12 bits per heavy atom. The van der Waals surface area contributed by atoms with Gasteiger partial charge in [-0.2, -0.15) is 5.21 Å². The van der Waals surface area contributed by atoms with E-state index in [1.54, 1.807) is 11.3 Å². The number of aromatic amines is 2. The maximum Gasteiger partial charge on any atom is 0.259 e. The molecule has 0 aromatic carbocycles. The molecule has 3 heterocycles. The Hall–Kier alpha value is -2.27. The minimum absolute atomic E-state index is 0.0680. The molecule has 1 amide bonds. The summed E-state index contributed by atoms with van der Waals surface area (Å²) in [5.74, 6) is 1.64. The molecule has 11 heteroatoms. The lowest BCUT2D eigenvalue weighted by atomic mass is 10.2. The van der Waals surface area contributed by atoms with Crippen molar-refractivity contribution >= 4 is 39.2 Å². The summed E-state index contributed by atoms with van der Waals surface area (Å²) in [5, 5.41) is 16.7. The monoisotopic (exact) mass is 377 g/mol. The number of aromatic nitrogens is 6. The number of hydrogen-bond acceptors (Lipinski definition) is 8. The lowest BCUT2D eigenvalue weighted by Crippen LogP contribution is -2.25. The SMILES string of the molecule is O=C(CSCc1nc2sc3c(c2c(=O)[nH]1)CCC3)NCc1nn[nH]n1. The molecule has 0 saturated heterocycles. The third-order valence-electron chi connectivity index (χ3n) is 3.93. The fourth-order valence-corrected chi connectivity index (χ4v) is 4.84. The van der Waals surface area contributed by atoms with Gasteiger partial charge in [0.15, 0.2) is 5.82 Å². The van der Waals surface area contributed by atoms with Crippen molar-refractivity contribution in [3.63, 3.8) is 0 Å². The van der Waals surface area contributed by atoms with E-state index in [-0.39, 0.29) is 23.8 Å². The first kappa shape index (κ1) is 16.2. The number of nitrogens with zero attached hydrogens (tertiary/aromatic N) is 4. The second kappa shape index (κ2) is 6.92. The minimum Gasteiger partial charge on any atom is -0.348 e. The minimum atomic E-state index is -0.131. The molecule has 0 bridgehead atoms. The van der Waals surface area contributed by atoms with E-state index in [1.807, 2.05) is 0 Å². The molecule has 0 fully saturated rings.